The van der Waals surface area contributed by atoms with Gasteiger partial charge in [-0.2, -0.15) is 13.2 Å². The second-order valence-corrected chi connectivity index (χ2v) is 14.0. The normalized spacial score (nSPS) is 18.8. The number of nitrogens with one attached hydrogen (secondary N) is 3. The van der Waals surface area contributed by atoms with Gasteiger partial charge in [-0.3, -0.25) is 24.0 Å². The van der Waals surface area contributed by atoms with Crippen molar-refractivity contribution in [2.45, 2.75) is 102 Å². The lowest BCUT2D eigenvalue weighted by atomic mass is 10.0. The molecule has 2 aromatic rings. The number of carboxylic acids is 2. The summed E-state index contributed by atoms with van der Waals surface area (Å²) < 4.78 is 31.7. The number of likely N-dealkylation sites (tertiary alicyclic amines) is 2. The molecule has 2 saturated heterocycles. The number of benzene rings is 2. The molecular weight excluding hydrogens is 741 g/mol. The average Bonchev–Trinajstić information content (AvgIpc) is 3.85. The lowest BCUT2D eigenvalue weighted by Crippen LogP contribution is -2.59. The summed E-state index contributed by atoms with van der Waals surface area (Å²) in [6, 6.07) is 12.7. The van der Waals surface area contributed by atoms with Gasteiger partial charge in [0.1, 0.15) is 30.2 Å². The van der Waals surface area contributed by atoms with Crippen LogP contribution in [0.5, 0.6) is 0 Å². The molecule has 0 aliphatic carbocycles. The largest absolute Gasteiger partial charge is 0.490 e. The number of hydrogen-bond donors (Lipinski definition) is 6. The minimum absolute atomic E-state index is 0.151. The highest BCUT2D eigenvalue weighted by Gasteiger charge is 2.42. The lowest BCUT2D eigenvalue weighted by Gasteiger charge is -2.31. The topological polar surface area (TPSA) is 229 Å². The molecule has 0 saturated carbocycles. The summed E-state index contributed by atoms with van der Waals surface area (Å²) in [5, 5.41) is 25.1. The second-order valence-electron chi connectivity index (χ2n) is 14.0. The van der Waals surface area contributed by atoms with E-state index in [1.807, 2.05) is 60.7 Å². The van der Waals surface area contributed by atoms with E-state index < -0.39 is 83.9 Å². The Morgan fingerprint density at radius 2 is 1.21 bits per heavy atom. The van der Waals surface area contributed by atoms with Gasteiger partial charge in [0.05, 0.1) is 6.04 Å². The molecule has 5 amide bonds. The van der Waals surface area contributed by atoms with Gasteiger partial charge in [-0.25, -0.2) is 9.59 Å². The number of nitrogens with two attached hydrogens (primary N) is 1. The zero-order valence-electron chi connectivity index (χ0n) is 31.3. The van der Waals surface area contributed by atoms with E-state index in [9.17, 15) is 47.0 Å². The number of amides is 5. The number of halogens is 3. The maximum atomic E-state index is 13.7. The van der Waals surface area contributed by atoms with E-state index in [4.69, 9.17) is 15.6 Å². The predicted octanol–water partition coefficient (Wildman–Crippen LogP) is 1.63. The van der Waals surface area contributed by atoms with Gasteiger partial charge in [0.25, 0.3) is 0 Å². The molecule has 306 valence electrons. The third kappa shape index (κ3) is 12.8. The smallest absolute Gasteiger partial charge is 0.480 e. The molecule has 15 nitrogen and oxygen atoms in total. The Hall–Kier alpha value is -5.52. The molecule has 2 fully saturated rings. The Bertz CT molecular complexity index is 1700. The van der Waals surface area contributed by atoms with Crippen molar-refractivity contribution in [1.29, 1.82) is 0 Å². The summed E-state index contributed by atoms with van der Waals surface area (Å²) in [5.74, 6) is -6.68. The maximum absolute atomic E-state index is 13.7. The third-order valence-corrected chi connectivity index (χ3v) is 9.41. The number of hydrogen-bond acceptors (Lipinski definition) is 8. The van der Waals surface area contributed by atoms with Crippen LogP contribution in [0.3, 0.4) is 0 Å². The quantitative estimate of drug-likeness (QED) is 0.162. The SMILES string of the molecule is CC(C)[C@H](NC(=O)[C@@H](N)Cc1ccccc1)C(=O)N[C@@H](C)C(=O)N1CCC[C@H]1C(=O)N[C@@H](Cc1ccccc1)C(=O)N1CCC[C@H]1C(=O)O.O=C(O)C(F)(F)F. The Morgan fingerprint density at radius 1 is 0.732 bits per heavy atom. The molecule has 2 aliphatic rings. The first-order chi connectivity index (χ1) is 26.3. The van der Waals surface area contributed by atoms with Crippen molar-refractivity contribution >= 4 is 41.5 Å². The van der Waals surface area contributed by atoms with E-state index in [1.165, 1.54) is 16.7 Å². The molecule has 0 radical (unpaired) electrons. The minimum Gasteiger partial charge on any atom is -0.480 e. The highest BCUT2D eigenvalue weighted by Crippen LogP contribution is 2.22. The van der Waals surface area contributed by atoms with E-state index in [-0.39, 0.29) is 25.4 Å². The molecule has 56 heavy (non-hydrogen) atoms. The molecule has 4 rings (SSSR count). The van der Waals surface area contributed by atoms with Crippen LogP contribution in [-0.2, 0) is 46.4 Å². The monoisotopic (exact) mass is 790 g/mol. The molecule has 0 spiro atoms. The zero-order chi connectivity index (χ0) is 41.7. The molecular formula is C38H49F3N6O9. The molecule has 2 heterocycles. The molecule has 7 N–H and O–H groups in total. The Labute approximate surface area is 322 Å². The van der Waals surface area contributed by atoms with Crippen molar-refractivity contribution in [2.24, 2.45) is 11.7 Å². The number of carbonyl (C=O) groups excluding carboxylic acids is 5. The van der Waals surface area contributed by atoms with Crippen molar-refractivity contribution in [3.63, 3.8) is 0 Å². The van der Waals surface area contributed by atoms with E-state index in [2.05, 4.69) is 16.0 Å². The summed E-state index contributed by atoms with van der Waals surface area (Å²) >= 11 is 0. The van der Waals surface area contributed by atoms with Crippen LogP contribution in [0.15, 0.2) is 60.7 Å². The van der Waals surface area contributed by atoms with Gasteiger partial charge in [-0.05, 0) is 56.1 Å². The van der Waals surface area contributed by atoms with Gasteiger partial charge in [0.15, 0.2) is 0 Å². The summed E-state index contributed by atoms with van der Waals surface area (Å²) in [7, 11) is 0. The summed E-state index contributed by atoms with van der Waals surface area (Å²) in [6.45, 7) is 5.62. The van der Waals surface area contributed by atoms with E-state index in [0.717, 1.165) is 11.1 Å². The van der Waals surface area contributed by atoms with Crippen LogP contribution in [0.2, 0.25) is 0 Å². The van der Waals surface area contributed by atoms with Gasteiger partial charge in [0, 0.05) is 19.5 Å². The van der Waals surface area contributed by atoms with Crippen LogP contribution < -0.4 is 21.7 Å². The average molecular weight is 791 g/mol. The highest BCUT2D eigenvalue weighted by molar-refractivity contribution is 5.96. The zero-order valence-corrected chi connectivity index (χ0v) is 31.3. The third-order valence-electron chi connectivity index (χ3n) is 9.41. The van der Waals surface area contributed by atoms with Gasteiger partial charge in [-0.15, -0.1) is 0 Å². The molecule has 0 bridgehead atoms. The number of rotatable bonds is 14. The first-order valence-electron chi connectivity index (χ1n) is 18.2. The van der Waals surface area contributed by atoms with E-state index in [0.29, 0.717) is 32.1 Å². The number of nitrogens with zero attached hydrogens (tertiary/aromatic N) is 2. The number of alkyl halides is 3. The molecule has 2 aliphatic heterocycles. The van der Waals surface area contributed by atoms with Crippen LogP contribution in [0.1, 0.15) is 57.6 Å². The number of carboxylic acid groups (broad SMARTS) is 2. The van der Waals surface area contributed by atoms with Gasteiger partial charge < -0.3 is 41.7 Å². The molecule has 18 heteroatoms. The lowest BCUT2D eigenvalue weighted by molar-refractivity contribution is -0.192. The fourth-order valence-electron chi connectivity index (χ4n) is 6.48. The molecule has 6 atom stereocenters. The molecule has 2 aromatic carbocycles. The van der Waals surface area contributed by atoms with Crippen molar-refractivity contribution in [2.75, 3.05) is 13.1 Å². The van der Waals surface area contributed by atoms with Crippen molar-refractivity contribution in [1.82, 2.24) is 25.8 Å². The van der Waals surface area contributed by atoms with E-state index >= 15 is 0 Å². The van der Waals surface area contributed by atoms with Crippen LogP contribution in [-0.4, -0.2) is 117 Å². The summed E-state index contributed by atoms with van der Waals surface area (Å²) in [6.07, 6.45) is -2.86. The van der Waals surface area contributed by atoms with Crippen LogP contribution in [0, 0.1) is 5.92 Å². The van der Waals surface area contributed by atoms with Crippen molar-refractivity contribution in [3.8, 4) is 0 Å². The number of aliphatic carboxylic acids is 2. The van der Waals surface area contributed by atoms with Crippen LogP contribution in [0.4, 0.5) is 13.2 Å². The van der Waals surface area contributed by atoms with Crippen molar-refractivity contribution < 1.29 is 56.9 Å². The Kier molecular flexibility index (Phi) is 16.4. The second kappa shape index (κ2) is 20.4. The predicted molar refractivity (Wildman–Crippen MR) is 195 cm³/mol. The van der Waals surface area contributed by atoms with Gasteiger partial charge in [0.2, 0.25) is 29.5 Å². The standard InChI is InChI=1S/C36H48N6O7.C2HF3O2/c1-22(2)30(40-31(43)26(37)20-24-12-6-4-7-13-24)33(45)38-23(3)34(46)41-18-10-16-28(41)32(44)39-27(21-25-14-8-5-9-15-25)35(47)42-19-11-17-29(42)36(48)49;3-2(4,5)1(6)7/h4-9,12-15,22-23,26-30H,10-11,16-21,37H2,1-3H3,(H,38,45)(H,39,44)(H,40,43)(H,48,49);(H,6,7)/t23-,26-,27-,28-,29-,30-;/m0./s1. The molecule has 0 unspecified atom stereocenters. The molecule has 0 aromatic heterocycles. The first-order valence-corrected chi connectivity index (χ1v) is 18.2. The summed E-state index contributed by atoms with van der Waals surface area (Å²) in [4.78, 5) is 90.7. The highest BCUT2D eigenvalue weighted by atomic mass is 19.4. The Morgan fingerprint density at radius 3 is 1.70 bits per heavy atom. The minimum atomic E-state index is -5.08. The first kappa shape index (κ1) is 44.9. The van der Waals surface area contributed by atoms with Gasteiger partial charge in [-0.1, -0.05) is 74.5 Å². The Balaban J connectivity index is 0.00000109. The number of carbonyl (C=O) groups is 7. The van der Waals surface area contributed by atoms with Crippen LogP contribution in [0.25, 0.3) is 0 Å². The fraction of sp³-hybridized carbons (Fsp3) is 0.500. The summed E-state index contributed by atoms with van der Waals surface area (Å²) in [5.41, 5.74) is 7.81. The van der Waals surface area contributed by atoms with Crippen molar-refractivity contribution in [3.05, 3.63) is 71.8 Å². The maximum Gasteiger partial charge on any atom is 0.490 e. The van der Waals surface area contributed by atoms with Crippen LogP contribution >= 0.6 is 0 Å². The fourth-order valence-corrected chi connectivity index (χ4v) is 6.48. The van der Waals surface area contributed by atoms with E-state index in [1.54, 1.807) is 13.8 Å². The van der Waals surface area contributed by atoms with Gasteiger partial charge >= 0.3 is 18.1 Å².